The lowest BCUT2D eigenvalue weighted by Gasteiger charge is -2.09. The van der Waals surface area contributed by atoms with E-state index in [-0.39, 0.29) is 0 Å². The van der Waals surface area contributed by atoms with Crippen molar-refractivity contribution in [3.05, 3.63) is 48.0 Å². The first-order valence-corrected chi connectivity index (χ1v) is 7.45. The smallest absolute Gasteiger partial charge is 0.249 e. The highest BCUT2D eigenvalue weighted by atomic mass is 16.5. The van der Waals surface area contributed by atoms with Crippen molar-refractivity contribution in [2.24, 2.45) is 5.73 Å². The number of nitrogens with two attached hydrogens (primary N) is 1. The summed E-state index contributed by atoms with van der Waals surface area (Å²) in [5, 5.41) is 9.37. The molecule has 0 aliphatic heterocycles. The Kier molecular flexibility index (Phi) is 4.45. The number of nitrogens with one attached hydrogen (secondary N) is 1. The molecule has 0 aliphatic carbocycles. The summed E-state index contributed by atoms with van der Waals surface area (Å²) in [6.07, 6.45) is 0. The zero-order chi connectivity index (χ0) is 17.1. The Labute approximate surface area is 138 Å². The lowest BCUT2D eigenvalue weighted by atomic mass is 9.98. The Morgan fingerprint density at radius 1 is 1.25 bits per heavy atom. The Bertz CT molecular complexity index is 889. The highest BCUT2D eigenvalue weighted by molar-refractivity contribution is 6.04. The van der Waals surface area contributed by atoms with Crippen molar-refractivity contribution in [2.75, 3.05) is 19.2 Å². The molecule has 1 heterocycles. The number of fused-ring (bicyclic) bond motifs is 1. The van der Waals surface area contributed by atoms with Crippen LogP contribution in [-0.2, 0) is 11.3 Å². The van der Waals surface area contributed by atoms with Gasteiger partial charge in [-0.05, 0) is 17.7 Å². The van der Waals surface area contributed by atoms with Crippen molar-refractivity contribution in [1.29, 1.82) is 0 Å². The molecule has 0 aliphatic rings. The molecule has 0 saturated carbocycles. The molecule has 7 heteroatoms. The van der Waals surface area contributed by atoms with Crippen LogP contribution in [-0.4, -0.2) is 34.4 Å². The summed E-state index contributed by atoms with van der Waals surface area (Å²) in [5.41, 5.74) is 11.0. The van der Waals surface area contributed by atoms with Gasteiger partial charge in [-0.15, -0.1) is 0 Å². The van der Waals surface area contributed by atoms with Gasteiger partial charge in [0.25, 0.3) is 0 Å². The van der Waals surface area contributed by atoms with Gasteiger partial charge in [0.15, 0.2) is 0 Å². The summed E-state index contributed by atoms with van der Waals surface area (Å²) in [7, 11) is 1.61. The molecule has 0 radical (unpaired) electrons. The molecule has 0 fully saturated rings. The molecule has 24 heavy (non-hydrogen) atoms. The van der Waals surface area contributed by atoms with Gasteiger partial charge in [-0.25, -0.2) is 10.5 Å². The first kappa shape index (κ1) is 16.0. The SMILES string of the molecule is COCCn1c(NO)nc2c(-c3ccccc3C(N)=O)cccc21. The number of aromatic nitrogens is 2. The third-order valence-electron chi connectivity index (χ3n) is 3.88. The molecule has 124 valence electrons. The lowest BCUT2D eigenvalue weighted by Crippen LogP contribution is -2.12. The number of primary amides is 1. The van der Waals surface area contributed by atoms with Crippen LogP contribution in [0.2, 0.25) is 0 Å². The monoisotopic (exact) mass is 326 g/mol. The fraction of sp³-hybridized carbons (Fsp3) is 0.176. The van der Waals surface area contributed by atoms with Crippen molar-refractivity contribution >= 4 is 22.9 Å². The van der Waals surface area contributed by atoms with Crippen LogP contribution in [0.15, 0.2) is 42.5 Å². The number of benzene rings is 2. The molecule has 4 N–H and O–H groups in total. The minimum Gasteiger partial charge on any atom is -0.383 e. The second-order valence-electron chi connectivity index (χ2n) is 5.27. The number of carbonyl (C=O) groups excluding carboxylic acids is 1. The number of anilines is 1. The van der Waals surface area contributed by atoms with Gasteiger partial charge in [0.1, 0.15) is 0 Å². The van der Waals surface area contributed by atoms with Crippen LogP contribution in [0.5, 0.6) is 0 Å². The van der Waals surface area contributed by atoms with Crippen LogP contribution in [0.3, 0.4) is 0 Å². The standard InChI is InChI=1S/C17H18N4O3/c1-24-10-9-21-14-8-4-7-12(15(14)19-17(21)20-23)11-5-2-3-6-13(11)16(18)22/h2-8,23H,9-10H2,1H3,(H2,18,22)(H,19,20). The number of hydrogen-bond acceptors (Lipinski definition) is 5. The van der Waals surface area contributed by atoms with Gasteiger partial charge in [0.2, 0.25) is 11.9 Å². The fourth-order valence-corrected chi connectivity index (χ4v) is 2.79. The van der Waals surface area contributed by atoms with E-state index in [0.717, 1.165) is 11.1 Å². The second kappa shape index (κ2) is 6.69. The first-order chi connectivity index (χ1) is 11.7. The maximum Gasteiger partial charge on any atom is 0.249 e. The summed E-state index contributed by atoms with van der Waals surface area (Å²) in [5.74, 6) is -0.187. The molecule has 1 aromatic heterocycles. The van der Waals surface area contributed by atoms with Crippen LogP contribution in [0.4, 0.5) is 5.95 Å². The van der Waals surface area contributed by atoms with E-state index >= 15 is 0 Å². The maximum absolute atomic E-state index is 11.7. The van der Waals surface area contributed by atoms with E-state index in [4.69, 9.17) is 10.5 Å². The molecule has 0 atom stereocenters. The molecule has 7 nitrogen and oxygen atoms in total. The Hall–Kier alpha value is -2.90. The van der Waals surface area contributed by atoms with Gasteiger partial charge in [-0.2, -0.15) is 0 Å². The highest BCUT2D eigenvalue weighted by Gasteiger charge is 2.17. The normalized spacial score (nSPS) is 10.9. The van der Waals surface area contributed by atoms with Crippen molar-refractivity contribution in [2.45, 2.75) is 6.54 Å². The number of imidazole rings is 1. The van der Waals surface area contributed by atoms with E-state index in [0.29, 0.717) is 35.7 Å². The third kappa shape index (κ3) is 2.70. The van der Waals surface area contributed by atoms with E-state index in [2.05, 4.69) is 10.5 Å². The van der Waals surface area contributed by atoms with Crippen molar-refractivity contribution in [3.63, 3.8) is 0 Å². The Morgan fingerprint density at radius 2 is 2.00 bits per heavy atom. The largest absolute Gasteiger partial charge is 0.383 e. The fourth-order valence-electron chi connectivity index (χ4n) is 2.79. The number of carbonyl (C=O) groups is 1. The predicted molar refractivity (Wildman–Crippen MR) is 91.0 cm³/mol. The topological polar surface area (TPSA) is 102 Å². The van der Waals surface area contributed by atoms with Crippen molar-refractivity contribution < 1.29 is 14.7 Å². The Morgan fingerprint density at radius 3 is 2.71 bits per heavy atom. The average Bonchev–Trinajstić information content (AvgIpc) is 2.97. The van der Waals surface area contributed by atoms with E-state index in [1.807, 2.05) is 34.9 Å². The quantitative estimate of drug-likeness (QED) is 0.603. The van der Waals surface area contributed by atoms with E-state index in [1.54, 1.807) is 19.2 Å². The number of hydrogen-bond donors (Lipinski definition) is 3. The van der Waals surface area contributed by atoms with E-state index in [9.17, 15) is 10.0 Å². The average molecular weight is 326 g/mol. The predicted octanol–water partition coefficient (Wildman–Crippen LogP) is 2.25. The van der Waals surface area contributed by atoms with Crippen molar-refractivity contribution in [3.8, 4) is 11.1 Å². The molecular formula is C17H18N4O3. The van der Waals surface area contributed by atoms with E-state index < -0.39 is 5.91 Å². The molecule has 0 unspecified atom stereocenters. The van der Waals surface area contributed by atoms with Crippen LogP contribution in [0.1, 0.15) is 10.4 Å². The minimum absolute atomic E-state index is 0.311. The first-order valence-electron chi connectivity index (χ1n) is 7.45. The number of ether oxygens (including phenoxy) is 1. The van der Waals surface area contributed by atoms with Crippen LogP contribution in [0, 0.1) is 0 Å². The zero-order valence-corrected chi connectivity index (χ0v) is 13.2. The summed E-state index contributed by atoms with van der Waals surface area (Å²) >= 11 is 0. The summed E-state index contributed by atoms with van der Waals surface area (Å²) in [6.45, 7) is 0.999. The summed E-state index contributed by atoms with van der Waals surface area (Å²) in [6, 6.07) is 12.8. The lowest BCUT2D eigenvalue weighted by molar-refractivity contribution is 0.100. The maximum atomic E-state index is 11.7. The molecule has 0 spiro atoms. The molecule has 3 aromatic rings. The minimum atomic E-state index is -0.498. The molecule has 0 bridgehead atoms. The molecule has 1 amide bonds. The van der Waals surface area contributed by atoms with Gasteiger partial charge in [0.05, 0.1) is 17.6 Å². The van der Waals surface area contributed by atoms with E-state index in [1.165, 1.54) is 0 Å². The van der Waals surface area contributed by atoms with Gasteiger partial charge in [0, 0.05) is 24.8 Å². The third-order valence-corrected chi connectivity index (χ3v) is 3.88. The van der Waals surface area contributed by atoms with Crippen LogP contribution in [0.25, 0.3) is 22.2 Å². The van der Waals surface area contributed by atoms with Gasteiger partial charge < -0.3 is 15.0 Å². The van der Waals surface area contributed by atoms with Gasteiger partial charge in [-0.1, -0.05) is 30.3 Å². The van der Waals surface area contributed by atoms with Gasteiger partial charge in [-0.3, -0.25) is 10.0 Å². The highest BCUT2D eigenvalue weighted by Crippen LogP contribution is 2.32. The van der Waals surface area contributed by atoms with Crippen LogP contribution >= 0.6 is 0 Å². The number of para-hydroxylation sites is 1. The summed E-state index contributed by atoms with van der Waals surface area (Å²) < 4.78 is 6.92. The summed E-state index contributed by atoms with van der Waals surface area (Å²) in [4.78, 5) is 16.2. The van der Waals surface area contributed by atoms with Gasteiger partial charge >= 0.3 is 0 Å². The number of amides is 1. The molecule has 3 rings (SSSR count). The van der Waals surface area contributed by atoms with Crippen molar-refractivity contribution in [1.82, 2.24) is 9.55 Å². The second-order valence-corrected chi connectivity index (χ2v) is 5.27. The molecule has 2 aromatic carbocycles. The van der Waals surface area contributed by atoms with Crippen LogP contribution < -0.4 is 11.2 Å². The number of nitrogens with zero attached hydrogens (tertiary/aromatic N) is 2. The zero-order valence-electron chi connectivity index (χ0n) is 13.2. The molecule has 0 saturated heterocycles. The number of rotatable bonds is 6. The number of methoxy groups -OCH3 is 1. The molecular weight excluding hydrogens is 308 g/mol. The Balaban J connectivity index is 2.24.